The number of methoxy groups -OCH3 is 2. The highest BCUT2D eigenvalue weighted by atomic mass is 16.5. The van der Waals surface area contributed by atoms with Crippen molar-refractivity contribution >= 4 is 23.4 Å². The number of nitrogens with one attached hydrogen (secondary N) is 2. The van der Waals surface area contributed by atoms with Crippen LogP contribution in [0.25, 0.3) is 11.1 Å². The zero-order valence-corrected chi connectivity index (χ0v) is 24.8. The molecule has 0 saturated heterocycles. The molecule has 45 heavy (non-hydrogen) atoms. The van der Waals surface area contributed by atoms with E-state index >= 15 is 0 Å². The number of primary amides is 1. The minimum absolute atomic E-state index is 0.155. The summed E-state index contributed by atoms with van der Waals surface area (Å²) >= 11 is 0. The van der Waals surface area contributed by atoms with E-state index in [4.69, 9.17) is 15.2 Å². The van der Waals surface area contributed by atoms with Gasteiger partial charge in [0.2, 0.25) is 5.91 Å². The van der Waals surface area contributed by atoms with Gasteiger partial charge in [-0.3, -0.25) is 14.4 Å². The minimum atomic E-state index is -0.947. The van der Waals surface area contributed by atoms with Gasteiger partial charge >= 0.3 is 0 Å². The SMILES string of the molecule is COc1ccccc1-c1ccc(C(=O)N2Cc3ccc(C(=O)N[C@@H](Cc4c[nH]cn4)C(N)=O)n3Cc3ccccc32)cc1OC. The van der Waals surface area contributed by atoms with E-state index in [1.807, 2.05) is 65.2 Å². The topological polar surface area (TPSA) is 145 Å². The number of imidazole rings is 1. The number of rotatable bonds is 9. The Morgan fingerprint density at radius 3 is 2.44 bits per heavy atom. The largest absolute Gasteiger partial charge is 0.496 e. The van der Waals surface area contributed by atoms with Crippen molar-refractivity contribution in [3.05, 3.63) is 120 Å². The van der Waals surface area contributed by atoms with Crippen LogP contribution >= 0.6 is 0 Å². The van der Waals surface area contributed by atoms with Gasteiger partial charge in [0, 0.05) is 40.7 Å². The Kier molecular flexibility index (Phi) is 8.06. The molecule has 3 aromatic carbocycles. The summed E-state index contributed by atoms with van der Waals surface area (Å²) in [5.41, 5.74) is 11.0. The van der Waals surface area contributed by atoms with E-state index in [1.165, 1.54) is 6.33 Å². The molecule has 0 unspecified atom stereocenters. The molecule has 3 heterocycles. The molecular formula is C34H32N6O5. The highest BCUT2D eigenvalue weighted by Crippen LogP contribution is 2.38. The van der Waals surface area contributed by atoms with Crippen LogP contribution in [0.5, 0.6) is 11.5 Å². The Hall–Kier alpha value is -5.84. The average molecular weight is 605 g/mol. The van der Waals surface area contributed by atoms with Gasteiger partial charge in [-0.25, -0.2) is 4.98 Å². The number of anilines is 1. The Labute approximate surface area is 259 Å². The number of hydrogen-bond acceptors (Lipinski definition) is 6. The average Bonchev–Trinajstić information content (AvgIpc) is 3.69. The van der Waals surface area contributed by atoms with Crippen molar-refractivity contribution in [2.45, 2.75) is 25.6 Å². The van der Waals surface area contributed by atoms with Gasteiger partial charge in [-0.2, -0.15) is 0 Å². The predicted octanol–water partition coefficient (Wildman–Crippen LogP) is 3.93. The standard InChI is InChI=1S/C34H32N6O5/c1-44-30-10-6-4-8-25(30)26-13-11-21(15-31(26)45-2)34(43)40-19-24-12-14-29(39(24)18-22-7-3-5-9-28(22)40)33(42)38-27(32(35)41)16-23-17-36-20-37-23/h3-15,17,20,27H,16,18-19H2,1-2H3,(H2,35,41)(H,36,37)(H,38,42)/t27-/m0/s1. The van der Waals surface area contributed by atoms with Crippen LogP contribution in [0, 0.1) is 0 Å². The number of ether oxygens (including phenoxy) is 2. The monoisotopic (exact) mass is 604 g/mol. The van der Waals surface area contributed by atoms with Crippen LogP contribution in [-0.2, 0) is 24.3 Å². The maximum Gasteiger partial charge on any atom is 0.268 e. The summed E-state index contributed by atoms with van der Waals surface area (Å²) in [6.07, 6.45) is 3.30. The number of aromatic nitrogens is 3. The van der Waals surface area contributed by atoms with Gasteiger partial charge < -0.3 is 35.0 Å². The van der Waals surface area contributed by atoms with Crippen molar-refractivity contribution in [3.63, 3.8) is 0 Å². The summed E-state index contributed by atoms with van der Waals surface area (Å²) in [4.78, 5) is 48.5. The first-order valence-electron chi connectivity index (χ1n) is 14.4. The lowest BCUT2D eigenvalue weighted by molar-refractivity contribution is -0.119. The molecule has 1 aliphatic rings. The van der Waals surface area contributed by atoms with E-state index in [2.05, 4.69) is 15.3 Å². The molecule has 1 atom stereocenters. The highest BCUT2D eigenvalue weighted by Gasteiger charge is 2.29. The second-order valence-electron chi connectivity index (χ2n) is 10.6. The molecule has 6 rings (SSSR count). The molecule has 3 amide bonds. The molecule has 4 N–H and O–H groups in total. The third-order valence-corrected chi connectivity index (χ3v) is 7.94. The van der Waals surface area contributed by atoms with Crippen LogP contribution in [0.4, 0.5) is 5.69 Å². The second kappa shape index (κ2) is 12.4. The molecule has 0 saturated carbocycles. The van der Waals surface area contributed by atoms with E-state index in [-0.39, 0.29) is 18.9 Å². The molecule has 0 spiro atoms. The van der Waals surface area contributed by atoms with Gasteiger partial charge in [-0.05, 0) is 48.0 Å². The number of hydrogen-bond donors (Lipinski definition) is 3. The first kappa shape index (κ1) is 29.2. The van der Waals surface area contributed by atoms with E-state index in [0.717, 1.165) is 28.1 Å². The maximum absolute atomic E-state index is 14.2. The van der Waals surface area contributed by atoms with Crippen LogP contribution in [0.3, 0.4) is 0 Å². The zero-order valence-electron chi connectivity index (χ0n) is 24.8. The van der Waals surface area contributed by atoms with Crippen LogP contribution in [-0.4, -0.2) is 52.5 Å². The number of carbonyl (C=O) groups excluding carboxylic acids is 3. The summed E-state index contributed by atoms with van der Waals surface area (Å²) in [5, 5.41) is 2.76. The fraction of sp³-hybridized carbons (Fsp3) is 0.176. The zero-order chi connectivity index (χ0) is 31.5. The Bertz CT molecular complexity index is 1880. The molecule has 2 aromatic heterocycles. The number of carbonyl (C=O) groups is 3. The predicted molar refractivity (Wildman–Crippen MR) is 168 cm³/mol. The van der Waals surface area contributed by atoms with Gasteiger partial charge in [0.1, 0.15) is 23.2 Å². The Morgan fingerprint density at radius 1 is 0.933 bits per heavy atom. The smallest absolute Gasteiger partial charge is 0.268 e. The first-order chi connectivity index (χ1) is 21.9. The number of benzene rings is 3. The third kappa shape index (κ3) is 5.75. The number of aromatic amines is 1. The number of nitrogens with zero attached hydrogens (tertiary/aromatic N) is 3. The van der Waals surface area contributed by atoms with Crippen LogP contribution in [0.2, 0.25) is 0 Å². The van der Waals surface area contributed by atoms with Crippen LogP contribution in [0.15, 0.2) is 91.4 Å². The second-order valence-corrected chi connectivity index (χ2v) is 10.6. The van der Waals surface area contributed by atoms with Gasteiger partial charge in [0.05, 0.1) is 39.3 Å². The van der Waals surface area contributed by atoms with Gasteiger partial charge in [0.15, 0.2) is 0 Å². The lowest BCUT2D eigenvalue weighted by atomic mass is 10.0. The summed E-state index contributed by atoms with van der Waals surface area (Å²) in [5.74, 6) is -0.103. The molecule has 0 bridgehead atoms. The van der Waals surface area contributed by atoms with Crippen LogP contribution < -0.4 is 25.4 Å². The fourth-order valence-electron chi connectivity index (χ4n) is 5.68. The van der Waals surface area contributed by atoms with Crippen LogP contribution in [0.1, 0.15) is 37.8 Å². The van der Waals surface area contributed by atoms with Gasteiger partial charge in [0.25, 0.3) is 11.8 Å². The van der Waals surface area contributed by atoms with Crippen molar-refractivity contribution in [2.24, 2.45) is 5.73 Å². The third-order valence-electron chi connectivity index (χ3n) is 7.94. The molecule has 11 nitrogen and oxygen atoms in total. The Balaban J connectivity index is 1.31. The van der Waals surface area contributed by atoms with E-state index in [0.29, 0.717) is 35.0 Å². The summed E-state index contributed by atoms with van der Waals surface area (Å²) in [6.45, 7) is 0.563. The summed E-state index contributed by atoms with van der Waals surface area (Å²) in [7, 11) is 3.18. The van der Waals surface area contributed by atoms with Crippen molar-refractivity contribution < 1.29 is 23.9 Å². The first-order valence-corrected chi connectivity index (χ1v) is 14.4. The van der Waals surface area contributed by atoms with Crippen molar-refractivity contribution in [3.8, 4) is 22.6 Å². The quantitative estimate of drug-likeness (QED) is 0.233. The van der Waals surface area contributed by atoms with Gasteiger partial charge in [-0.1, -0.05) is 36.4 Å². The summed E-state index contributed by atoms with van der Waals surface area (Å²) < 4.78 is 13.1. The fourth-order valence-corrected chi connectivity index (χ4v) is 5.68. The van der Waals surface area contributed by atoms with E-state index < -0.39 is 17.9 Å². The summed E-state index contributed by atoms with van der Waals surface area (Å²) in [6, 6.07) is 23.2. The molecular weight excluding hydrogens is 572 g/mol. The Morgan fingerprint density at radius 2 is 1.69 bits per heavy atom. The number of fused-ring (bicyclic) bond motifs is 2. The van der Waals surface area contributed by atoms with E-state index in [1.54, 1.807) is 43.5 Å². The van der Waals surface area contributed by atoms with Crippen molar-refractivity contribution in [2.75, 3.05) is 19.1 Å². The molecule has 228 valence electrons. The lowest BCUT2D eigenvalue weighted by Gasteiger charge is -2.23. The van der Waals surface area contributed by atoms with E-state index in [9.17, 15) is 14.4 Å². The van der Waals surface area contributed by atoms with Crippen molar-refractivity contribution in [1.82, 2.24) is 19.9 Å². The maximum atomic E-state index is 14.2. The molecule has 0 radical (unpaired) electrons. The molecule has 0 fully saturated rings. The molecule has 1 aliphatic heterocycles. The normalized spacial score (nSPS) is 12.8. The number of H-pyrrole nitrogens is 1. The minimum Gasteiger partial charge on any atom is -0.496 e. The number of para-hydroxylation sites is 2. The van der Waals surface area contributed by atoms with Gasteiger partial charge in [-0.15, -0.1) is 0 Å². The number of nitrogens with two attached hydrogens (primary N) is 1. The highest BCUT2D eigenvalue weighted by molar-refractivity contribution is 6.07. The lowest BCUT2D eigenvalue weighted by Crippen LogP contribution is -2.46. The molecule has 0 aliphatic carbocycles. The molecule has 11 heteroatoms. The van der Waals surface area contributed by atoms with Crippen molar-refractivity contribution in [1.29, 1.82) is 0 Å². The number of amides is 3. The molecule has 5 aromatic rings.